The van der Waals surface area contributed by atoms with Crippen LogP contribution >= 0.6 is 24.0 Å². The Balaban J connectivity index is 0.00000192. The normalized spacial score (nSPS) is 16.5. The second-order valence-electron chi connectivity index (χ2n) is 5.35. The fourth-order valence-electron chi connectivity index (χ4n) is 2.57. The zero-order chi connectivity index (χ0) is 15.7. The summed E-state index contributed by atoms with van der Waals surface area (Å²) in [5.41, 5.74) is 1.08. The van der Waals surface area contributed by atoms with E-state index >= 15 is 0 Å². The molecule has 0 radical (unpaired) electrons. The number of aliphatic imine (C=N–C) groups is 1. The number of furan rings is 1. The minimum Gasteiger partial charge on any atom is -0.469 e. The number of benzene rings is 1. The molecule has 1 aliphatic heterocycles. The molecule has 1 aromatic carbocycles. The van der Waals surface area contributed by atoms with Crippen LogP contribution in [0.3, 0.4) is 0 Å². The van der Waals surface area contributed by atoms with Gasteiger partial charge in [-0.15, -0.1) is 24.0 Å². The Morgan fingerprint density at radius 2 is 2.00 bits per heavy atom. The molecular weight excluding hydrogens is 415 g/mol. The molecule has 0 saturated heterocycles. The molecule has 1 N–H and O–H groups in total. The lowest BCUT2D eigenvalue weighted by Gasteiger charge is -2.21. The number of aryl methyl sites for hydroxylation is 1. The second-order valence-corrected chi connectivity index (χ2v) is 5.35. The molecule has 0 saturated carbocycles. The van der Waals surface area contributed by atoms with Crippen LogP contribution in [-0.2, 0) is 6.54 Å². The molecule has 2 aromatic rings. The fraction of sp³-hybridized carbons (Fsp3) is 0.312. The summed E-state index contributed by atoms with van der Waals surface area (Å²) in [6, 6.07) is 5.30. The van der Waals surface area contributed by atoms with Gasteiger partial charge in [0.1, 0.15) is 17.4 Å². The minimum atomic E-state index is -0.553. The molecule has 3 rings (SSSR count). The number of guanidine groups is 1. The van der Waals surface area contributed by atoms with Crippen molar-refractivity contribution in [2.75, 3.05) is 13.6 Å². The molecule has 23 heavy (non-hydrogen) atoms. The Hall–Kier alpha value is -1.64. The average Bonchev–Trinajstić information content (AvgIpc) is 3.09. The van der Waals surface area contributed by atoms with E-state index < -0.39 is 17.7 Å². The van der Waals surface area contributed by atoms with Gasteiger partial charge in [0.15, 0.2) is 5.96 Å². The van der Waals surface area contributed by atoms with Crippen LogP contribution in [-0.4, -0.2) is 24.5 Å². The van der Waals surface area contributed by atoms with Crippen LogP contribution in [0.1, 0.15) is 22.9 Å². The third-order valence-corrected chi connectivity index (χ3v) is 3.81. The molecule has 0 amide bonds. The Kier molecular flexibility index (Phi) is 5.61. The maximum absolute atomic E-state index is 13.8. The zero-order valence-corrected chi connectivity index (χ0v) is 15.2. The molecule has 0 spiro atoms. The van der Waals surface area contributed by atoms with Crippen molar-refractivity contribution in [1.29, 1.82) is 0 Å². The Bertz CT molecular complexity index is 697. The van der Waals surface area contributed by atoms with Crippen molar-refractivity contribution in [2.45, 2.75) is 19.5 Å². The molecule has 4 nitrogen and oxygen atoms in total. The van der Waals surface area contributed by atoms with Gasteiger partial charge in [0, 0.05) is 24.7 Å². The van der Waals surface area contributed by atoms with E-state index in [1.807, 2.05) is 24.9 Å². The lowest BCUT2D eigenvalue weighted by atomic mass is 10.1. The third-order valence-electron chi connectivity index (χ3n) is 3.81. The Labute approximate surface area is 150 Å². The van der Waals surface area contributed by atoms with Crippen LogP contribution in [0.15, 0.2) is 39.9 Å². The number of nitrogens with one attached hydrogen (secondary N) is 1. The predicted molar refractivity (Wildman–Crippen MR) is 94.9 cm³/mol. The van der Waals surface area contributed by atoms with E-state index in [1.165, 1.54) is 18.2 Å². The maximum atomic E-state index is 13.8. The lowest BCUT2D eigenvalue weighted by molar-refractivity contribution is 0.461. The first-order chi connectivity index (χ1) is 10.6. The standard InChI is InChI=1S/C16H17F2N3O.HI/c1-10-11(6-7-22-10)9-21(2)16-19-8-14(20-16)15-12(17)4-3-5-13(15)18;/h3-7,14H,8-9H2,1-2H3,(H,19,20);1H. The summed E-state index contributed by atoms with van der Waals surface area (Å²) in [6.07, 6.45) is 1.64. The number of halogens is 3. The maximum Gasteiger partial charge on any atom is 0.194 e. The van der Waals surface area contributed by atoms with Crippen molar-refractivity contribution >= 4 is 29.9 Å². The van der Waals surface area contributed by atoms with Crippen molar-refractivity contribution in [3.05, 3.63) is 59.1 Å². The van der Waals surface area contributed by atoms with E-state index in [9.17, 15) is 8.78 Å². The van der Waals surface area contributed by atoms with Crippen LogP contribution in [0.4, 0.5) is 8.78 Å². The fourth-order valence-corrected chi connectivity index (χ4v) is 2.57. The summed E-state index contributed by atoms with van der Waals surface area (Å²) >= 11 is 0. The minimum absolute atomic E-state index is 0. The van der Waals surface area contributed by atoms with Crippen molar-refractivity contribution in [2.24, 2.45) is 4.99 Å². The molecule has 0 aliphatic carbocycles. The smallest absolute Gasteiger partial charge is 0.194 e. The molecule has 0 bridgehead atoms. The average molecular weight is 433 g/mol. The molecule has 1 aromatic heterocycles. The van der Waals surface area contributed by atoms with Crippen molar-refractivity contribution in [3.63, 3.8) is 0 Å². The van der Waals surface area contributed by atoms with Crippen molar-refractivity contribution < 1.29 is 13.2 Å². The van der Waals surface area contributed by atoms with Crippen molar-refractivity contribution in [1.82, 2.24) is 10.2 Å². The lowest BCUT2D eigenvalue weighted by Crippen LogP contribution is -2.37. The topological polar surface area (TPSA) is 40.8 Å². The van der Waals surface area contributed by atoms with Gasteiger partial charge in [0.2, 0.25) is 0 Å². The number of hydrogen-bond donors (Lipinski definition) is 1. The van der Waals surface area contributed by atoms with E-state index in [-0.39, 0.29) is 29.5 Å². The molecular formula is C16H18F2IN3O. The largest absolute Gasteiger partial charge is 0.469 e. The first kappa shape index (κ1) is 17.7. The Morgan fingerprint density at radius 3 is 2.61 bits per heavy atom. The van der Waals surface area contributed by atoms with E-state index in [0.717, 1.165) is 11.3 Å². The highest BCUT2D eigenvalue weighted by molar-refractivity contribution is 14.0. The van der Waals surface area contributed by atoms with E-state index in [0.29, 0.717) is 19.0 Å². The Morgan fingerprint density at radius 1 is 1.30 bits per heavy atom. The summed E-state index contributed by atoms with van der Waals surface area (Å²) < 4.78 is 32.9. The third kappa shape index (κ3) is 3.65. The first-order valence-corrected chi connectivity index (χ1v) is 7.05. The van der Waals surface area contributed by atoms with Gasteiger partial charge in [-0.05, 0) is 25.1 Å². The molecule has 7 heteroatoms. The van der Waals surface area contributed by atoms with Gasteiger partial charge < -0.3 is 14.6 Å². The van der Waals surface area contributed by atoms with Gasteiger partial charge in [-0.25, -0.2) is 8.78 Å². The van der Waals surface area contributed by atoms with Gasteiger partial charge in [-0.1, -0.05) is 6.07 Å². The monoisotopic (exact) mass is 433 g/mol. The molecule has 0 fully saturated rings. The van der Waals surface area contributed by atoms with E-state index in [4.69, 9.17) is 4.42 Å². The molecule has 1 unspecified atom stereocenters. The van der Waals surface area contributed by atoms with Gasteiger partial charge in [-0.2, -0.15) is 0 Å². The zero-order valence-electron chi connectivity index (χ0n) is 12.8. The van der Waals surface area contributed by atoms with Gasteiger partial charge in [0.05, 0.1) is 18.8 Å². The summed E-state index contributed by atoms with van der Waals surface area (Å²) in [6.45, 7) is 2.81. The quantitative estimate of drug-likeness (QED) is 0.753. The molecule has 2 heterocycles. The predicted octanol–water partition coefficient (Wildman–Crippen LogP) is 3.62. The number of nitrogens with zero attached hydrogens (tertiary/aromatic N) is 2. The molecule has 1 atom stereocenters. The highest BCUT2D eigenvalue weighted by Gasteiger charge is 2.26. The van der Waals surface area contributed by atoms with Gasteiger partial charge in [-0.3, -0.25) is 4.99 Å². The SMILES string of the molecule is Cc1occc1CN(C)C1=NCC(c2c(F)cccc2F)N1.I. The summed E-state index contributed by atoms with van der Waals surface area (Å²) in [5, 5.41) is 3.09. The summed E-state index contributed by atoms with van der Waals surface area (Å²) in [7, 11) is 1.87. The van der Waals surface area contributed by atoms with E-state index in [1.54, 1.807) is 6.26 Å². The summed E-state index contributed by atoms with van der Waals surface area (Å²) in [5.74, 6) is 0.361. The van der Waals surface area contributed by atoms with Crippen LogP contribution in [0.25, 0.3) is 0 Å². The highest BCUT2D eigenvalue weighted by atomic mass is 127. The van der Waals surface area contributed by atoms with Gasteiger partial charge in [0.25, 0.3) is 0 Å². The van der Waals surface area contributed by atoms with Gasteiger partial charge >= 0.3 is 0 Å². The molecule has 124 valence electrons. The van der Waals surface area contributed by atoms with Crippen LogP contribution in [0, 0.1) is 18.6 Å². The van der Waals surface area contributed by atoms with Crippen molar-refractivity contribution in [3.8, 4) is 0 Å². The first-order valence-electron chi connectivity index (χ1n) is 7.05. The number of rotatable bonds is 3. The summed E-state index contributed by atoms with van der Waals surface area (Å²) in [4.78, 5) is 6.25. The van der Waals surface area contributed by atoms with Crippen LogP contribution in [0.2, 0.25) is 0 Å². The van der Waals surface area contributed by atoms with Crippen LogP contribution < -0.4 is 5.32 Å². The van der Waals surface area contributed by atoms with E-state index in [2.05, 4.69) is 10.3 Å². The van der Waals surface area contributed by atoms with Crippen LogP contribution in [0.5, 0.6) is 0 Å². The highest BCUT2D eigenvalue weighted by Crippen LogP contribution is 2.24. The number of hydrogen-bond acceptors (Lipinski definition) is 4. The second kappa shape index (κ2) is 7.29. The molecule has 1 aliphatic rings.